The molecule has 0 radical (unpaired) electrons. The molecule has 1 aliphatic rings. The first-order valence-electron chi connectivity index (χ1n) is 8.01. The van der Waals surface area contributed by atoms with Gasteiger partial charge in [0.2, 0.25) is 0 Å². The second-order valence-corrected chi connectivity index (χ2v) is 5.60. The van der Waals surface area contributed by atoms with Crippen LogP contribution in [0.4, 0.5) is 0 Å². The Bertz CT molecular complexity index is 429. The van der Waals surface area contributed by atoms with Gasteiger partial charge in [-0.05, 0) is 76.0 Å². The summed E-state index contributed by atoms with van der Waals surface area (Å²) in [6.45, 7) is 6.91. The number of rotatable bonds is 7. The van der Waals surface area contributed by atoms with Gasteiger partial charge in [0, 0.05) is 0 Å². The highest BCUT2D eigenvalue weighted by Gasteiger charge is 2.21. The molecule has 4 heteroatoms. The molecule has 21 heavy (non-hydrogen) atoms. The lowest BCUT2D eigenvalue weighted by molar-refractivity contribution is 0.211. The summed E-state index contributed by atoms with van der Waals surface area (Å²) in [5.74, 6) is 2.31. The van der Waals surface area contributed by atoms with Crippen molar-refractivity contribution in [2.45, 2.75) is 32.1 Å². The zero-order valence-corrected chi connectivity index (χ0v) is 13.3. The summed E-state index contributed by atoms with van der Waals surface area (Å²) in [5.41, 5.74) is 6.95. The zero-order valence-electron chi connectivity index (χ0n) is 13.3. The molecule has 1 aromatic rings. The maximum Gasteiger partial charge on any atom is 0.161 e. The number of hydrogen-bond acceptors (Lipinski definition) is 4. The van der Waals surface area contributed by atoms with Gasteiger partial charge in [-0.15, -0.1) is 0 Å². The standard InChI is InChI=1S/C17H28N2O2/c1-3-21-16-6-5-15(13-17(16)20-2)14-7-11-19(12-8-14)10-4-9-18/h5-6,13-14H,3-4,7-12,18H2,1-2H3. The van der Waals surface area contributed by atoms with Crippen LogP contribution in [-0.2, 0) is 0 Å². The van der Waals surface area contributed by atoms with Gasteiger partial charge in [-0.3, -0.25) is 0 Å². The van der Waals surface area contributed by atoms with Crippen molar-refractivity contribution in [3.05, 3.63) is 23.8 Å². The van der Waals surface area contributed by atoms with Crippen molar-refractivity contribution in [3.63, 3.8) is 0 Å². The van der Waals surface area contributed by atoms with E-state index in [9.17, 15) is 0 Å². The van der Waals surface area contributed by atoms with Crippen molar-refractivity contribution in [1.82, 2.24) is 4.90 Å². The van der Waals surface area contributed by atoms with E-state index in [2.05, 4.69) is 17.0 Å². The summed E-state index contributed by atoms with van der Waals surface area (Å²) in [4.78, 5) is 2.52. The van der Waals surface area contributed by atoms with Crippen molar-refractivity contribution in [2.24, 2.45) is 5.73 Å². The van der Waals surface area contributed by atoms with Crippen LogP contribution in [0.1, 0.15) is 37.7 Å². The smallest absolute Gasteiger partial charge is 0.161 e. The average Bonchev–Trinajstić information content (AvgIpc) is 2.54. The van der Waals surface area contributed by atoms with Crippen LogP contribution >= 0.6 is 0 Å². The van der Waals surface area contributed by atoms with Crippen LogP contribution in [0.15, 0.2) is 18.2 Å². The zero-order chi connectivity index (χ0) is 15.1. The number of methoxy groups -OCH3 is 1. The van der Waals surface area contributed by atoms with E-state index in [1.54, 1.807) is 7.11 Å². The van der Waals surface area contributed by atoms with Crippen LogP contribution in [0.5, 0.6) is 11.5 Å². The Labute approximate surface area is 128 Å². The fourth-order valence-corrected chi connectivity index (χ4v) is 3.02. The van der Waals surface area contributed by atoms with Gasteiger partial charge in [0.15, 0.2) is 11.5 Å². The van der Waals surface area contributed by atoms with E-state index in [0.29, 0.717) is 12.5 Å². The molecule has 0 unspecified atom stereocenters. The summed E-state index contributed by atoms with van der Waals surface area (Å²) in [6, 6.07) is 6.37. The first-order chi connectivity index (χ1) is 10.3. The summed E-state index contributed by atoms with van der Waals surface area (Å²) >= 11 is 0. The predicted octanol–water partition coefficient (Wildman–Crippen LogP) is 2.62. The molecule has 0 atom stereocenters. The molecule has 0 aromatic heterocycles. The highest BCUT2D eigenvalue weighted by Crippen LogP contribution is 2.34. The van der Waals surface area contributed by atoms with E-state index in [4.69, 9.17) is 15.2 Å². The SMILES string of the molecule is CCOc1ccc(C2CCN(CCCN)CC2)cc1OC. The molecule has 0 saturated carbocycles. The van der Waals surface area contributed by atoms with Crippen LogP contribution in [0.2, 0.25) is 0 Å². The Morgan fingerprint density at radius 3 is 2.62 bits per heavy atom. The summed E-state index contributed by atoms with van der Waals surface area (Å²) < 4.78 is 11.0. The van der Waals surface area contributed by atoms with Gasteiger partial charge in [-0.1, -0.05) is 6.07 Å². The van der Waals surface area contributed by atoms with E-state index in [1.165, 1.54) is 31.5 Å². The number of nitrogens with zero attached hydrogens (tertiary/aromatic N) is 1. The second-order valence-electron chi connectivity index (χ2n) is 5.60. The number of hydrogen-bond donors (Lipinski definition) is 1. The van der Waals surface area contributed by atoms with Gasteiger partial charge in [-0.2, -0.15) is 0 Å². The van der Waals surface area contributed by atoms with Gasteiger partial charge in [0.1, 0.15) is 0 Å². The summed E-state index contributed by atoms with van der Waals surface area (Å²) in [6.07, 6.45) is 3.52. The lowest BCUT2D eigenvalue weighted by Crippen LogP contribution is -2.34. The maximum absolute atomic E-state index is 5.59. The number of nitrogens with two attached hydrogens (primary N) is 1. The van der Waals surface area contributed by atoms with Crippen molar-refractivity contribution in [1.29, 1.82) is 0 Å². The average molecular weight is 292 g/mol. The molecule has 0 spiro atoms. The first-order valence-corrected chi connectivity index (χ1v) is 8.01. The van der Waals surface area contributed by atoms with Gasteiger partial charge in [0.05, 0.1) is 13.7 Å². The first kappa shape index (κ1) is 16.1. The Balaban J connectivity index is 1.96. The minimum atomic E-state index is 0.628. The Morgan fingerprint density at radius 1 is 1.24 bits per heavy atom. The monoisotopic (exact) mass is 292 g/mol. The molecule has 1 heterocycles. The molecule has 0 bridgehead atoms. The largest absolute Gasteiger partial charge is 0.493 e. The third kappa shape index (κ3) is 4.35. The van der Waals surface area contributed by atoms with Crippen LogP contribution < -0.4 is 15.2 Å². The third-order valence-electron chi connectivity index (χ3n) is 4.22. The molecule has 1 aliphatic heterocycles. The lowest BCUT2D eigenvalue weighted by atomic mass is 9.89. The Kier molecular flexibility index (Phi) is 6.33. The number of likely N-dealkylation sites (tertiary alicyclic amines) is 1. The van der Waals surface area contributed by atoms with Gasteiger partial charge < -0.3 is 20.1 Å². The Morgan fingerprint density at radius 2 is 2.00 bits per heavy atom. The molecule has 2 N–H and O–H groups in total. The molecular weight excluding hydrogens is 264 g/mol. The van der Waals surface area contributed by atoms with Gasteiger partial charge in [-0.25, -0.2) is 0 Å². The van der Waals surface area contributed by atoms with Crippen LogP contribution in [0, 0.1) is 0 Å². The third-order valence-corrected chi connectivity index (χ3v) is 4.22. The fraction of sp³-hybridized carbons (Fsp3) is 0.647. The molecule has 118 valence electrons. The molecular formula is C17H28N2O2. The van der Waals surface area contributed by atoms with Crippen molar-refractivity contribution in [3.8, 4) is 11.5 Å². The number of piperidine rings is 1. The molecule has 1 fully saturated rings. The van der Waals surface area contributed by atoms with Crippen LogP contribution in [-0.4, -0.2) is 44.8 Å². The summed E-state index contributed by atoms with van der Waals surface area (Å²) in [5, 5.41) is 0. The molecule has 4 nitrogen and oxygen atoms in total. The normalized spacial score (nSPS) is 16.9. The van der Waals surface area contributed by atoms with E-state index in [1.807, 2.05) is 13.0 Å². The number of benzene rings is 1. The predicted molar refractivity (Wildman–Crippen MR) is 86.2 cm³/mol. The van der Waals surface area contributed by atoms with Crippen molar-refractivity contribution >= 4 is 0 Å². The van der Waals surface area contributed by atoms with Crippen LogP contribution in [0.25, 0.3) is 0 Å². The lowest BCUT2D eigenvalue weighted by Gasteiger charge is -2.32. The van der Waals surface area contributed by atoms with Crippen molar-refractivity contribution in [2.75, 3.05) is 39.9 Å². The minimum absolute atomic E-state index is 0.628. The van der Waals surface area contributed by atoms with E-state index >= 15 is 0 Å². The molecule has 0 aliphatic carbocycles. The van der Waals surface area contributed by atoms with Gasteiger partial charge in [0.25, 0.3) is 0 Å². The van der Waals surface area contributed by atoms with E-state index < -0.39 is 0 Å². The van der Waals surface area contributed by atoms with Crippen molar-refractivity contribution < 1.29 is 9.47 Å². The van der Waals surface area contributed by atoms with E-state index in [0.717, 1.165) is 31.0 Å². The molecule has 1 saturated heterocycles. The number of ether oxygens (including phenoxy) is 2. The minimum Gasteiger partial charge on any atom is -0.493 e. The quantitative estimate of drug-likeness (QED) is 0.839. The highest BCUT2D eigenvalue weighted by atomic mass is 16.5. The Hall–Kier alpha value is -1.26. The molecule has 2 rings (SSSR count). The van der Waals surface area contributed by atoms with Gasteiger partial charge >= 0.3 is 0 Å². The maximum atomic E-state index is 5.59. The topological polar surface area (TPSA) is 47.7 Å². The molecule has 1 aromatic carbocycles. The van der Waals surface area contributed by atoms with E-state index in [-0.39, 0.29) is 0 Å². The second kappa shape index (κ2) is 8.25. The highest BCUT2D eigenvalue weighted by molar-refractivity contribution is 5.44. The fourth-order valence-electron chi connectivity index (χ4n) is 3.02. The van der Waals surface area contributed by atoms with Crippen LogP contribution in [0.3, 0.4) is 0 Å². The molecule has 0 amide bonds. The summed E-state index contributed by atoms with van der Waals surface area (Å²) in [7, 11) is 1.71.